The topological polar surface area (TPSA) is 57.7 Å². The van der Waals surface area contributed by atoms with Gasteiger partial charge in [0.25, 0.3) is 17.7 Å². The SMILES string of the molecule is O=C1c2c(Cl)c(Cl)c(Cl)c(Cl)c2C(=O)N1[C@H]1C(=O)N(c2ccc(Br)cc2)[C@@H]1c1cccc(F)c1. The summed E-state index contributed by atoms with van der Waals surface area (Å²) in [5.41, 5.74) is 0.465. The minimum Gasteiger partial charge on any atom is -0.300 e. The van der Waals surface area contributed by atoms with Crippen molar-refractivity contribution in [2.75, 3.05) is 4.90 Å². The number of halogens is 6. The lowest BCUT2D eigenvalue weighted by Gasteiger charge is -2.49. The Morgan fingerprint density at radius 1 is 0.735 bits per heavy atom. The zero-order valence-corrected chi connectivity index (χ0v) is 21.3. The van der Waals surface area contributed by atoms with Gasteiger partial charge < -0.3 is 4.90 Å². The highest BCUT2D eigenvalue weighted by Gasteiger charge is 2.58. The third kappa shape index (κ3) is 3.37. The summed E-state index contributed by atoms with van der Waals surface area (Å²) in [4.78, 5) is 42.3. The van der Waals surface area contributed by atoms with E-state index in [2.05, 4.69) is 15.9 Å². The molecule has 1 saturated heterocycles. The van der Waals surface area contributed by atoms with Crippen molar-refractivity contribution in [1.82, 2.24) is 4.90 Å². The highest BCUT2D eigenvalue weighted by atomic mass is 79.9. The molecular weight excluding hydrogens is 593 g/mol. The maximum Gasteiger partial charge on any atom is 0.264 e. The summed E-state index contributed by atoms with van der Waals surface area (Å²) in [5.74, 6) is -2.73. The van der Waals surface area contributed by atoms with Gasteiger partial charge in [-0.2, -0.15) is 0 Å². The van der Waals surface area contributed by atoms with E-state index in [0.29, 0.717) is 11.3 Å². The van der Waals surface area contributed by atoms with E-state index in [9.17, 15) is 18.8 Å². The molecular formula is C23H10BrCl4FN2O3. The van der Waals surface area contributed by atoms with Gasteiger partial charge in [-0.25, -0.2) is 4.39 Å². The lowest BCUT2D eigenvalue weighted by atomic mass is 9.86. The molecule has 2 atom stereocenters. The number of carbonyl (C=O) groups excluding carboxylic acids is 3. The first-order valence-corrected chi connectivity index (χ1v) is 12.0. The van der Waals surface area contributed by atoms with Crippen LogP contribution in [-0.2, 0) is 4.79 Å². The summed E-state index contributed by atoms with van der Waals surface area (Å²) in [6, 6.07) is 10.4. The van der Waals surface area contributed by atoms with Crippen molar-refractivity contribution in [2.24, 2.45) is 0 Å². The Balaban J connectivity index is 1.64. The Labute approximate surface area is 221 Å². The number of nitrogens with zero attached hydrogens (tertiary/aromatic N) is 2. The normalized spacial score (nSPS) is 19.5. The molecule has 5 nitrogen and oxygen atoms in total. The molecule has 0 unspecified atom stereocenters. The first-order valence-electron chi connectivity index (χ1n) is 9.71. The molecule has 0 saturated carbocycles. The van der Waals surface area contributed by atoms with Gasteiger partial charge >= 0.3 is 0 Å². The molecule has 11 heteroatoms. The molecule has 0 radical (unpaired) electrons. The second-order valence-corrected chi connectivity index (χ2v) is 10.0. The molecule has 0 spiro atoms. The fourth-order valence-corrected chi connectivity index (χ4v) is 5.53. The van der Waals surface area contributed by atoms with Crippen molar-refractivity contribution >= 4 is 85.7 Å². The highest BCUT2D eigenvalue weighted by molar-refractivity contribution is 9.10. The van der Waals surface area contributed by atoms with Crippen LogP contribution in [0.5, 0.6) is 0 Å². The van der Waals surface area contributed by atoms with Crippen LogP contribution in [0.2, 0.25) is 20.1 Å². The molecule has 2 aliphatic rings. The maximum absolute atomic E-state index is 14.1. The average molecular weight is 603 g/mol. The molecule has 0 aliphatic carbocycles. The third-order valence-corrected chi connectivity index (χ3v) is 8.10. The van der Waals surface area contributed by atoms with E-state index in [-0.39, 0.29) is 31.2 Å². The van der Waals surface area contributed by atoms with Crippen molar-refractivity contribution < 1.29 is 18.8 Å². The Kier molecular flexibility index (Phi) is 5.89. The van der Waals surface area contributed by atoms with E-state index in [1.807, 2.05) is 0 Å². The van der Waals surface area contributed by atoms with Gasteiger partial charge in [0.1, 0.15) is 11.9 Å². The molecule has 2 heterocycles. The van der Waals surface area contributed by atoms with Crippen LogP contribution < -0.4 is 4.90 Å². The van der Waals surface area contributed by atoms with Crippen LogP contribution in [0.4, 0.5) is 10.1 Å². The predicted molar refractivity (Wildman–Crippen MR) is 132 cm³/mol. The summed E-state index contributed by atoms with van der Waals surface area (Å²) in [6.45, 7) is 0. The number of β-lactam (4-membered cyclic amide) rings is 1. The Hall–Kier alpha value is -2.16. The number of hydrogen-bond acceptors (Lipinski definition) is 3. The van der Waals surface area contributed by atoms with Gasteiger partial charge in [0.05, 0.1) is 37.3 Å². The smallest absolute Gasteiger partial charge is 0.264 e. The fourth-order valence-electron chi connectivity index (χ4n) is 4.26. The van der Waals surface area contributed by atoms with Crippen molar-refractivity contribution in [3.8, 4) is 0 Å². The first-order chi connectivity index (χ1) is 16.1. The number of carbonyl (C=O) groups is 3. The minimum absolute atomic E-state index is 0.173. The van der Waals surface area contributed by atoms with Crippen molar-refractivity contribution in [2.45, 2.75) is 12.1 Å². The van der Waals surface area contributed by atoms with E-state index in [0.717, 1.165) is 9.37 Å². The highest BCUT2D eigenvalue weighted by Crippen LogP contribution is 2.49. The molecule has 0 bridgehead atoms. The van der Waals surface area contributed by atoms with E-state index < -0.39 is 35.6 Å². The lowest BCUT2D eigenvalue weighted by molar-refractivity contribution is -0.130. The minimum atomic E-state index is -1.26. The quantitative estimate of drug-likeness (QED) is 0.141. The zero-order valence-electron chi connectivity index (χ0n) is 16.7. The molecule has 1 fully saturated rings. The molecule has 3 amide bonds. The number of amides is 3. The molecule has 172 valence electrons. The van der Waals surface area contributed by atoms with E-state index in [1.54, 1.807) is 30.3 Å². The molecule has 3 aromatic carbocycles. The van der Waals surface area contributed by atoms with Crippen LogP contribution in [0.15, 0.2) is 53.0 Å². The molecule has 2 aliphatic heterocycles. The second-order valence-electron chi connectivity index (χ2n) is 7.62. The Bertz CT molecular complexity index is 1370. The number of rotatable bonds is 3. The van der Waals surface area contributed by atoms with Gasteiger partial charge in [-0.15, -0.1) is 0 Å². The van der Waals surface area contributed by atoms with Crippen LogP contribution in [0.1, 0.15) is 32.3 Å². The zero-order chi connectivity index (χ0) is 24.5. The van der Waals surface area contributed by atoms with Crippen molar-refractivity contribution in [1.29, 1.82) is 0 Å². The van der Waals surface area contributed by atoms with E-state index in [4.69, 9.17) is 46.4 Å². The van der Waals surface area contributed by atoms with E-state index in [1.165, 1.54) is 23.1 Å². The summed E-state index contributed by atoms with van der Waals surface area (Å²) in [6.07, 6.45) is 0. The molecule has 34 heavy (non-hydrogen) atoms. The second kappa shape index (κ2) is 8.50. The number of hydrogen-bond donors (Lipinski definition) is 0. The standard InChI is InChI=1S/C23H10BrCl4FN2O3/c24-10-4-6-12(7-5-10)30-19(9-2-1-3-11(29)8-9)20(23(30)34)31-21(32)13-14(22(31)33)16(26)18(28)17(27)15(13)25/h1-8,19-20H/t19-,20-/m1/s1. The van der Waals surface area contributed by atoms with Crippen molar-refractivity contribution in [3.05, 3.63) is 95.6 Å². The van der Waals surface area contributed by atoms with Gasteiger partial charge in [0.2, 0.25) is 0 Å². The fraction of sp³-hybridized carbons (Fsp3) is 0.0870. The average Bonchev–Trinajstić information content (AvgIpc) is 3.06. The van der Waals surface area contributed by atoms with Crippen LogP contribution >= 0.6 is 62.3 Å². The van der Waals surface area contributed by atoms with Gasteiger partial charge in [-0.3, -0.25) is 19.3 Å². The number of anilines is 1. The lowest BCUT2D eigenvalue weighted by Crippen LogP contribution is -2.67. The summed E-state index contributed by atoms with van der Waals surface area (Å²) < 4.78 is 14.9. The van der Waals surface area contributed by atoms with Gasteiger partial charge in [0, 0.05) is 10.2 Å². The van der Waals surface area contributed by atoms with Crippen molar-refractivity contribution in [3.63, 3.8) is 0 Å². The number of imide groups is 1. The van der Waals surface area contributed by atoms with Crippen LogP contribution in [-0.4, -0.2) is 28.7 Å². The third-order valence-electron chi connectivity index (χ3n) is 5.77. The maximum atomic E-state index is 14.1. The van der Waals surface area contributed by atoms with Gasteiger partial charge in [-0.05, 0) is 42.0 Å². The van der Waals surface area contributed by atoms with E-state index >= 15 is 0 Å². The largest absolute Gasteiger partial charge is 0.300 e. The van der Waals surface area contributed by atoms with Gasteiger partial charge in [0.15, 0.2) is 0 Å². The molecule has 3 aromatic rings. The Morgan fingerprint density at radius 2 is 1.29 bits per heavy atom. The summed E-state index contributed by atoms with van der Waals surface area (Å²) in [7, 11) is 0. The molecule has 0 aromatic heterocycles. The Morgan fingerprint density at radius 3 is 1.82 bits per heavy atom. The summed E-state index contributed by atoms with van der Waals surface area (Å²) in [5, 5.41) is -0.808. The van der Waals surface area contributed by atoms with Crippen LogP contribution in [0, 0.1) is 5.82 Å². The first kappa shape index (κ1) is 23.6. The number of fused-ring (bicyclic) bond motifs is 1. The van der Waals surface area contributed by atoms with Gasteiger partial charge in [-0.1, -0.05) is 74.5 Å². The van der Waals surface area contributed by atoms with Crippen LogP contribution in [0.3, 0.4) is 0 Å². The van der Waals surface area contributed by atoms with Crippen LogP contribution in [0.25, 0.3) is 0 Å². The predicted octanol–water partition coefficient (Wildman–Crippen LogP) is 6.95. The molecule has 5 rings (SSSR count). The number of benzene rings is 3. The monoisotopic (exact) mass is 600 g/mol. The summed E-state index contributed by atoms with van der Waals surface area (Å²) >= 11 is 28.0. The molecule has 0 N–H and O–H groups in total.